The van der Waals surface area contributed by atoms with Gasteiger partial charge in [0.15, 0.2) is 0 Å². The molecule has 0 saturated carbocycles. The van der Waals surface area contributed by atoms with Crippen LogP contribution in [-0.4, -0.2) is 16.6 Å². The molecule has 1 heterocycles. The molecule has 158 valence electrons. The van der Waals surface area contributed by atoms with E-state index in [0.717, 1.165) is 11.1 Å². The molecule has 2 atom stereocenters. The average Bonchev–Trinajstić information content (AvgIpc) is 2.78. The lowest BCUT2D eigenvalue weighted by Crippen LogP contribution is -2.28. The monoisotopic (exact) mass is 421 g/mol. The van der Waals surface area contributed by atoms with Crippen molar-refractivity contribution in [3.63, 3.8) is 0 Å². The van der Waals surface area contributed by atoms with Crippen LogP contribution in [0.4, 0.5) is 8.78 Å². The van der Waals surface area contributed by atoms with E-state index in [0.29, 0.717) is 16.7 Å². The molecule has 1 aromatic heterocycles. The number of hydrogen-bond donors (Lipinski definition) is 2. The summed E-state index contributed by atoms with van der Waals surface area (Å²) in [6.45, 7) is -0.957. The van der Waals surface area contributed by atoms with Crippen LogP contribution in [0, 0.1) is 0 Å². The van der Waals surface area contributed by atoms with Crippen molar-refractivity contribution in [2.45, 2.75) is 25.6 Å². The van der Waals surface area contributed by atoms with Gasteiger partial charge in [-0.15, -0.1) is 0 Å². The van der Waals surface area contributed by atoms with Crippen molar-refractivity contribution in [3.05, 3.63) is 106 Å². The molecule has 3 aromatic carbocycles. The summed E-state index contributed by atoms with van der Waals surface area (Å²) < 4.78 is 29.4. The Hall–Kier alpha value is -3.58. The first-order valence-electron chi connectivity index (χ1n) is 9.86. The Morgan fingerprint density at radius 3 is 2.26 bits per heavy atom. The smallest absolute Gasteiger partial charge is 0.387 e. The Bertz CT molecular complexity index is 1210. The summed E-state index contributed by atoms with van der Waals surface area (Å²) in [5.74, 6) is 0.612. The van der Waals surface area contributed by atoms with E-state index in [1.807, 2.05) is 43.3 Å². The quantitative estimate of drug-likeness (QED) is 0.442. The lowest BCUT2D eigenvalue weighted by Gasteiger charge is -2.24. The highest BCUT2D eigenvalue weighted by atomic mass is 19.3. The summed E-state index contributed by atoms with van der Waals surface area (Å²) in [6.07, 6.45) is 0. The van der Waals surface area contributed by atoms with E-state index in [1.165, 1.54) is 12.1 Å². The van der Waals surface area contributed by atoms with Crippen LogP contribution >= 0.6 is 0 Å². The second-order valence-electron chi connectivity index (χ2n) is 7.15. The fourth-order valence-corrected chi connectivity index (χ4v) is 3.51. The van der Waals surface area contributed by atoms with Crippen LogP contribution in [0.3, 0.4) is 0 Å². The minimum absolute atomic E-state index is 0.0964. The fourth-order valence-electron chi connectivity index (χ4n) is 3.51. The number of alkyl halides is 2. The number of nitrogens with one attached hydrogen (secondary N) is 2. The number of H-pyrrole nitrogens is 1. The lowest BCUT2D eigenvalue weighted by molar-refractivity contribution is -0.0498. The number of hydrogen-bond acceptors (Lipinski definition) is 4. The van der Waals surface area contributed by atoms with E-state index >= 15 is 0 Å². The first kappa shape index (κ1) is 20.7. The normalized spacial score (nSPS) is 13.3. The molecule has 4 aromatic rings. The van der Waals surface area contributed by atoms with Crippen molar-refractivity contribution in [3.8, 4) is 5.75 Å². The molecule has 31 heavy (non-hydrogen) atoms. The summed E-state index contributed by atoms with van der Waals surface area (Å²) in [5, 5.41) is 4.03. The number of fused-ring (bicyclic) bond motifs is 1. The van der Waals surface area contributed by atoms with Crippen molar-refractivity contribution in [1.82, 2.24) is 15.3 Å². The molecule has 0 aliphatic heterocycles. The Labute approximate surface area is 177 Å². The number of rotatable bonds is 7. The molecule has 7 heteroatoms. The molecule has 0 aliphatic rings. The minimum Gasteiger partial charge on any atom is -0.435 e. The van der Waals surface area contributed by atoms with Gasteiger partial charge in [-0.1, -0.05) is 54.6 Å². The maximum Gasteiger partial charge on any atom is 0.387 e. The predicted molar refractivity (Wildman–Crippen MR) is 115 cm³/mol. The van der Waals surface area contributed by atoms with E-state index in [4.69, 9.17) is 0 Å². The molecule has 0 amide bonds. The van der Waals surface area contributed by atoms with Crippen LogP contribution in [0.5, 0.6) is 5.75 Å². The van der Waals surface area contributed by atoms with Crippen molar-refractivity contribution in [2.24, 2.45) is 0 Å². The van der Waals surface area contributed by atoms with Gasteiger partial charge in [0.25, 0.3) is 5.56 Å². The minimum atomic E-state index is -2.87. The molecule has 0 saturated heterocycles. The van der Waals surface area contributed by atoms with Crippen LogP contribution in [0.2, 0.25) is 0 Å². The van der Waals surface area contributed by atoms with Crippen LogP contribution in [-0.2, 0) is 0 Å². The summed E-state index contributed by atoms with van der Waals surface area (Å²) in [4.78, 5) is 19.9. The highest BCUT2D eigenvalue weighted by Gasteiger charge is 2.20. The van der Waals surface area contributed by atoms with E-state index in [2.05, 4.69) is 20.0 Å². The highest BCUT2D eigenvalue weighted by molar-refractivity contribution is 5.77. The van der Waals surface area contributed by atoms with Crippen molar-refractivity contribution in [1.29, 1.82) is 0 Å². The van der Waals surface area contributed by atoms with Crippen molar-refractivity contribution >= 4 is 10.9 Å². The van der Waals surface area contributed by atoms with Gasteiger partial charge in [0, 0.05) is 0 Å². The highest BCUT2D eigenvalue weighted by Crippen LogP contribution is 2.27. The number of ether oxygens (including phenoxy) is 1. The Kier molecular flexibility index (Phi) is 6.04. The van der Waals surface area contributed by atoms with Crippen LogP contribution in [0.25, 0.3) is 10.9 Å². The van der Waals surface area contributed by atoms with Crippen molar-refractivity contribution < 1.29 is 13.5 Å². The lowest BCUT2D eigenvalue weighted by atomic mass is 9.97. The molecule has 0 fully saturated rings. The second kappa shape index (κ2) is 9.06. The Morgan fingerprint density at radius 2 is 1.55 bits per heavy atom. The first-order valence-corrected chi connectivity index (χ1v) is 9.86. The van der Waals surface area contributed by atoms with E-state index in [-0.39, 0.29) is 23.4 Å². The van der Waals surface area contributed by atoms with Gasteiger partial charge in [-0.25, -0.2) is 4.98 Å². The molecule has 4 rings (SSSR count). The zero-order valence-corrected chi connectivity index (χ0v) is 16.8. The van der Waals surface area contributed by atoms with Crippen molar-refractivity contribution in [2.75, 3.05) is 0 Å². The molecule has 0 aliphatic carbocycles. The van der Waals surface area contributed by atoms with Gasteiger partial charge in [0.2, 0.25) is 0 Å². The topological polar surface area (TPSA) is 67.0 Å². The van der Waals surface area contributed by atoms with Gasteiger partial charge < -0.3 is 9.72 Å². The third-order valence-corrected chi connectivity index (χ3v) is 5.03. The SMILES string of the molecule is C[C@H](N[C@@H](c1ccccc1)c1ccc(OC(F)F)cc1)c1nc2ccccc2c(=O)[nH]1. The maximum absolute atomic E-state index is 12.5. The van der Waals surface area contributed by atoms with Crippen LogP contribution < -0.4 is 15.6 Å². The maximum atomic E-state index is 12.5. The van der Waals surface area contributed by atoms with E-state index < -0.39 is 6.61 Å². The Morgan fingerprint density at radius 1 is 0.903 bits per heavy atom. The van der Waals surface area contributed by atoms with Gasteiger partial charge in [-0.3, -0.25) is 10.1 Å². The van der Waals surface area contributed by atoms with E-state index in [1.54, 1.807) is 30.3 Å². The largest absolute Gasteiger partial charge is 0.435 e. The molecule has 5 nitrogen and oxygen atoms in total. The zero-order valence-electron chi connectivity index (χ0n) is 16.8. The van der Waals surface area contributed by atoms with Gasteiger partial charge in [0.1, 0.15) is 11.6 Å². The van der Waals surface area contributed by atoms with Gasteiger partial charge in [-0.2, -0.15) is 8.78 Å². The van der Waals surface area contributed by atoms with Crippen LogP contribution in [0.15, 0.2) is 83.7 Å². The molecule has 0 spiro atoms. The van der Waals surface area contributed by atoms with Gasteiger partial charge in [0.05, 0.1) is 23.0 Å². The molecule has 2 N–H and O–H groups in total. The Balaban J connectivity index is 1.66. The second-order valence-corrected chi connectivity index (χ2v) is 7.15. The molecule has 0 unspecified atom stereocenters. The number of aromatic amines is 1. The predicted octanol–water partition coefficient (Wildman–Crippen LogP) is 4.96. The number of para-hydroxylation sites is 1. The van der Waals surface area contributed by atoms with Crippen LogP contribution in [0.1, 0.15) is 36.0 Å². The zero-order chi connectivity index (χ0) is 21.8. The van der Waals surface area contributed by atoms with Gasteiger partial charge in [-0.05, 0) is 42.3 Å². The number of aromatic nitrogens is 2. The third-order valence-electron chi connectivity index (χ3n) is 5.03. The molecule has 0 bridgehead atoms. The molecular formula is C24H21F2N3O2. The number of benzene rings is 3. The number of nitrogens with zero attached hydrogens (tertiary/aromatic N) is 1. The third kappa shape index (κ3) is 4.78. The standard InChI is InChI=1S/C24H21F2N3O2/c1-15(22-28-20-10-6-5-9-19(20)23(30)29-22)27-21(16-7-3-2-4-8-16)17-11-13-18(14-12-17)31-24(25)26/h2-15,21,24,27H,1H3,(H,28,29,30)/t15-,21-/m0/s1. The first-order chi connectivity index (χ1) is 15.0. The molecular weight excluding hydrogens is 400 g/mol. The fraction of sp³-hybridized carbons (Fsp3) is 0.167. The summed E-state index contributed by atoms with van der Waals surface area (Å²) in [6, 6.07) is 22.9. The average molecular weight is 421 g/mol. The van der Waals surface area contributed by atoms with E-state index in [9.17, 15) is 13.6 Å². The summed E-state index contributed by atoms with van der Waals surface area (Å²) in [5.41, 5.74) is 2.28. The summed E-state index contributed by atoms with van der Waals surface area (Å²) in [7, 11) is 0. The summed E-state index contributed by atoms with van der Waals surface area (Å²) >= 11 is 0. The number of halogens is 2. The molecule has 0 radical (unpaired) electrons. The van der Waals surface area contributed by atoms with Gasteiger partial charge >= 0.3 is 6.61 Å².